The molecule has 0 aliphatic carbocycles. The van der Waals surface area contributed by atoms with Crippen molar-refractivity contribution in [1.82, 2.24) is 25.0 Å². The zero-order valence-corrected chi connectivity index (χ0v) is 10.4. The lowest BCUT2D eigenvalue weighted by Gasteiger charge is -2.31. The van der Waals surface area contributed by atoms with Gasteiger partial charge in [0.25, 0.3) is 0 Å². The van der Waals surface area contributed by atoms with Gasteiger partial charge in [0.1, 0.15) is 6.33 Å². The first-order valence-electron chi connectivity index (χ1n) is 5.98. The van der Waals surface area contributed by atoms with Crippen LogP contribution in [0.5, 0.6) is 0 Å². The highest BCUT2D eigenvalue weighted by atomic mass is 16.2. The van der Waals surface area contributed by atoms with Crippen LogP contribution in [0.3, 0.4) is 0 Å². The monoisotopic (exact) mass is 237 g/mol. The summed E-state index contributed by atoms with van der Waals surface area (Å²) in [6.07, 6.45) is 3.72. The van der Waals surface area contributed by atoms with Gasteiger partial charge < -0.3 is 10.2 Å². The maximum atomic E-state index is 11.2. The van der Waals surface area contributed by atoms with Gasteiger partial charge in [0, 0.05) is 33.1 Å². The van der Waals surface area contributed by atoms with E-state index < -0.39 is 0 Å². The number of carbonyl (C=O) groups is 1. The summed E-state index contributed by atoms with van der Waals surface area (Å²) in [5.41, 5.74) is 0. The molecule has 1 aliphatic rings. The molecule has 0 atom stereocenters. The predicted molar refractivity (Wildman–Crippen MR) is 63.1 cm³/mol. The molecule has 94 valence electrons. The molecule has 6 heteroatoms. The fourth-order valence-corrected chi connectivity index (χ4v) is 2.10. The molecular weight excluding hydrogens is 218 g/mol. The SMILES string of the molecule is CC(=O)N1CCC(NCc2ncn(C)n2)CC1. The van der Waals surface area contributed by atoms with Gasteiger partial charge in [-0.3, -0.25) is 9.48 Å². The van der Waals surface area contributed by atoms with Crippen LogP contribution >= 0.6 is 0 Å². The van der Waals surface area contributed by atoms with E-state index in [4.69, 9.17) is 0 Å². The largest absolute Gasteiger partial charge is 0.343 e. The number of aryl methyl sites for hydroxylation is 1. The van der Waals surface area contributed by atoms with Gasteiger partial charge in [-0.05, 0) is 12.8 Å². The third-order valence-electron chi connectivity index (χ3n) is 3.14. The van der Waals surface area contributed by atoms with Gasteiger partial charge in [-0.15, -0.1) is 0 Å². The molecule has 1 aromatic heterocycles. The van der Waals surface area contributed by atoms with E-state index in [9.17, 15) is 4.79 Å². The third-order valence-corrected chi connectivity index (χ3v) is 3.14. The quantitative estimate of drug-likeness (QED) is 0.798. The molecule has 0 saturated carbocycles. The van der Waals surface area contributed by atoms with E-state index in [-0.39, 0.29) is 5.91 Å². The Kier molecular flexibility index (Phi) is 3.73. The lowest BCUT2D eigenvalue weighted by Crippen LogP contribution is -2.44. The second-order valence-corrected chi connectivity index (χ2v) is 4.50. The van der Waals surface area contributed by atoms with Gasteiger partial charge in [0.2, 0.25) is 5.91 Å². The third kappa shape index (κ3) is 3.26. The molecule has 1 N–H and O–H groups in total. The highest BCUT2D eigenvalue weighted by Gasteiger charge is 2.20. The van der Waals surface area contributed by atoms with Crippen LogP contribution in [0.2, 0.25) is 0 Å². The zero-order valence-electron chi connectivity index (χ0n) is 10.4. The van der Waals surface area contributed by atoms with Crippen molar-refractivity contribution < 1.29 is 4.79 Å². The van der Waals surface area contributed by atoms with Crippen molar-refractivity contribution in [3.05, 3.63) is 12.2 Å². The molecule has 0 bridgehead atoms. The van der Waals surface area contributed by atoms with Crippen molar-refractivity contribution in [2.24, 2.45) is 7.05 Å². The van der Waals surface area contributed by atoms with Crippen molar-refractivity contribution in [3.63, 3.8) is 0 Å². The molecule has 1 saturated heterocycles. The highest BCUT2D eigenvalue weighted by Crippen LogP contribution is 2.10. The van der Waals surface area contributed by atoms with Crippen LogP contribution in [-0.4, -0.2) is 44.7 Å². The number of nitrogens with zero attached hydrogens (tertiary/aromatic N) is 4. The van der Waals surface area contributed by atoms with Crippen molar-refractivity contribution in [2.45, 2.75) is 32.4 Å². The average molecular weight is 237 g/mol. The smallest absolute Gasteiger partial charge is 0.219 e. The first-order valence-corrected chi connectivity index (χ1v) is 5.98. The highest BCUT2D eigenvalue weighted by molar-refractivity contribution is 5.73. The summed E-state index contributed by atoms with van der Waals surface area (Å²) in [5, 5.41) is 7.65. The molecule has 17 heavy (non-hydrogen) atoms. The summed E-state index contributed by atoms with van der Waals surface area (Å²) < 4.78 is 1.70. The zero-order chi connectivity index (χ0) is 12.3. The summed E-state index contributed by atoms with van der Waals surface area (Å²) >= 11 is 0. The maximum Gasteiger partial charge on any atom is 0.219 e. The Balaban J connectivity index is 1.73. The number of piperidine rings is 1. The van der Waals surface area contributed by atoms with Crippen molar-refractivity contribution >= 4 is 5.91 Å². The Morgan fingerprint density at radius 2 is 2.24 bits per heavy atom. The number of nitrogens with one attached hydrogen (secondary N) is 1. The summed E-state index contributed by atoms with van der Waals surface area (Å²) in [4.78, 5) is 17.2. The van der Waals surface area contributed by atoms with E-state index in [1.54, 1.807) is 17.9 Å². The van der Waals surface area contributed by atoms with Crippen molar-refractivity contribution in [2.75, 3.05) is 13.1 Å². The number of carbonyl (C=O) groups excluding carboxylic acids is 1. The molecule has 1 aliphatic heterocycles. The molecule has 2 heterocycles. The summed E-state index contributed by atoms with van der Waals surface area (Å²) in [7, 11) is 1.86. The molecule has 0 aromatic carbocycles. The van der Waals surface area contributed by atoms with Crippen LogP contribution in [0.25, 0.3) is 0 Å². The van der Waals surface area contributed by atoms with Gasteiger partial charge >= 0.3 is 0 Å². The minimum absolute atomic E-state index is 0.176. The topological polar surface area (TPSA) is 63.1 Å². The van der Waals surface area contributed by atoms with Crippen molar-refractivity contribution in [1.29, 1.82) is 0 Å². The Morgan fingerprint density at radius 1 is 1.53 bits per heavy atom. The standard InChI is InChI=1S/C11H19N5O/c1-9(17)16-5-3-10(4-6-16)12-7-11-13-8-15(2)14-11/h8,10,12H,3-7H2,1-2H3. The van der Waals surface area contributed by atoms with Crippen LogP contribution in [-0.2, 0) is 18.4 Å². The molecule has 1 aromatic rings. The van der Waals surface area contributed by atoms with Crippen LogP contribution < -0.4 is 5.32 Å². The van der Waals surface area contributed by atoms with E-state index in [0.717, 1.165) is 31.8 Å². The van der Waals surface area contributed by atoms with Gasteiger partial charge in [-0.1, -0.05) is 0 Å². The van der Waals surface area contributed by atoms with E-state index in [1.165, 1.54) is 0 Å². The minimum Gasteiger partial charge on any atom is -0.343 e. The molecule has 6 nitrogen and oxygen atoms in total. The van der Waals surface area contributed by atoms with Crippen LogP contribution in [0, 0.1) is 0 Å². The maximum absolute atomic E-state index is 11.2. The second-order valence-electron chi connectivity index (χ2n) is 4.50. The normalized spacial score (nSPS) is 17.4. The van der Waals surface area contributed by atoms with E-state index in [0.29, 0.717) is 12.6 Å². The number of hydrogen-bond acceptors (Lipinski definition) is 4. The molecule has 0 radical (unpaired) electrons. The van der Waals surface area contributed by atoms with Gasteiger partial charge in [-0.2, -0.15) is 5.10 Å². The van der Waals surface area contributed by atoms with Gasteiger partial charge in [-0.25, -0.2) is 4.98 Å². The Labute approximate surface area is 101 Å². The Hall–Kier alpha value is -1.43. The van der Waals surface area contributed by atoms with Gasteiger partial charge in [0.05, 0.1) is 6.54 Å². The first-order chi connectivity index (χ1) is 8.15. The summed E-state index contributed by atoms with van der Waals surface area (Å²) in [6, 6.07) is 0.467. The van der Waals surface area contributed by atoms with Crippen LogP contribution in [0.1, 0.15) is 25.6 Å². The van der Waals surface area contributed by atoms with Crippen LogP contribution in [0.15, 0.2) is 6.33 Å². The number of aromatic nitrogens is 3. The molecule has 2 rings (SSSR count). The fraction of sp³-hybridized carbons (Fsp3) is 0.727. The molecule has 0 unspecified atom stereocenters. The van der Waals surface area contributed by atoms with Crippen LogP contribution in [0.4, 0.5) is 0 Å². The Morgan fingerprint density at radius 3 is 2.76 bits per heavy atom. The summed E-state index contributed by atoms with van der Waals surface area (Å²) in [5.74, 6) is 0.997. The average Bonchev–Trinajstić information content (AvgIpc) is 2.73. The number of amides is 1. The predicted octanol–water partition coefficient (Wildman–Crippen LogP) is -0.0844. The van der Waals surface area contributed by atoms with E-state index in [2.05, 4.69) is 15.4 Å². The number of rotatable bonds is 3. The second kappa shape index (κ2) is 5.27. The fourth-order valence-electron chi connectivity index (χ4n) is 2.10. The molecular formula is C11H19N5O. The first kappa shape index (κ1) is 12.0. The molecule has 1 amide bonds. The molecule has 1 fully saturated rings. The van der Waals surface area contributed by atoms with E-state index >= 15 is 0 Å². The Bertz CT molecular complexity index is 381. The summed E-state index contributed by atoms with van der Waals surface area (Å²) in [6.45, 7) is 4.03. The molecule has 0 spiro atoms. The number of hydrogen-bond donors (Lipinski definition) is 1. The lowest BCUT2D eigenvalue weighted by molar-refractivity contribution is -0.129. The van der Waals surface area contributed by atoms with Gasteiger partial charge in [0.15, 0.2) is 5.82 Å². The lowest BCUT2D eigenvalue weighted by atomic mass is 10.1. The van der Waals surface area contributed by atoms with Crippen molar-refractivity contribution in [3.8, 4) is 0 Å². The minimum atomic E-state index is 0.176. The van der Waals surface area contributed by atoms with E-state index in [1.807, 2.05) is 11.9 Å². The number of likely N-dealkylation sites (tertiary alicyclic amines) is 1.